The molecule has 0 aliphatic heterocycles. The van der Waals surface area contributed by atoms with Crippen LogP contribution in [-0.4, -0.2) is 12.0 Å². The molecule has 0 spiro atoms. The van der Waals surface area contributed by atoms with Crippen LogP contribution in [0.4, 0.5) is 0 Å². The van der Waals surface area contributed by atoms with E-state index in [2.05, 4.69) is 53.6 Å². The van der Waals surface area contributed by atoms with Gasteiger partial charge in [-0.1, -0.05) is 35.9 Å². The van der Waals surface area contributed by atoms with Crippen molar-refractivity contribution in [1.29, 1.82) is 0 Å². The summed E-state index contributed by atoms with van der Waals surface area (Å²) in [6.07, 6.45) is 1.79. The number of rotatable bonds is 5. The molecule has 3 aromatic rings. The van der Waals surface area contributed by atoms with Crippen LogP contribution in [0.3, 0.4) is 0 Å². The molecule has 3 nitrogen and oxygen atoms in total. The first-order valence-corrected chi connectivity index (χ1v) is 7.33. The number of nitrogens with one attached hydrogen (secondary N) is 1. The number of hydrogen-bond acceptors (Lipinski definition) is 3. The highest BCUT2D eigenvalue weighted by Crippen LogP contribution is 2.18. The highest BCUT2D eigenvalue weighted by atomic mass is 16.3. The van der Waals surface area contributed by atoms with Gasteiger partial charge in [0.25, 0.3) is 0 Å². The van der Waals surface area contributed by atoms with Gasteiger partial charge in [0.1, 0.15) is 5.52 Å². The predicted octanol–water partition coefficient (Wildman–Crippen LogP) is 3.64. The Morgan fingerprint density at radius 2 is 1.76 bits per heavy atom. The van der Waals surface area contributed by atoms with Crippen LogP contribution >= 0.6 is 0 Å². The first kappa shape index (κ1) is 13.8. The second-order valence-corrected chi connectivity index (χ2v) is 5.43. The first-order chi connectivity index (χ1) is 10.2. The maximum atomic E-state index is 5.86. The fraction of sp³-hybridized carbons (Fsp3) is 0.278. The van der Waals surface area contributed by atoms with Gasteiger partial charge in [0.05, 0.1) is 0 Å². The zero-order valence-electron chi connectivity index (χ0n) is 12.5. The number of aryl methyl sites for hydroxylation is 3. The molecule has 0 amide bonds. The Labute approximate surface area is 125 Å². The van der Waals surface area contributed by atoms with Crippen molar-refractivity contribution in [3.05, 3.63) is 65.0 Å². The van der Waals surface area contributed by atoms with E-state index >= 15 is 0 Å². The summed E-state index contributed by atoms with van der Waals surface area (Å²) < 4.78 is 5.86. The van der Waals surface area contributed by atoms with E-state index in [9.17, 15) is 0 Å². The van der Waals surface area contributed by atoms with Crippen LogP contribution in [0.2, 0.25) is 0 Å². The lowest BCUT2D eigenvalue weighted by atomic mass is 10.1. The smallest absolute Gasteiger partial charge is 0.195 e. The van der Waals surface area contributed by atoms with E-state index in [1.807, 2.05) is 13.1 Å². The van der Waals surface area contributed by atoms with Crippen molar-refractivity contribution in [3.8, 4) is 0 Å². The minimum Gasteiger partial charge on any atom is -0.441 e. The highest BCUT2D eigenvalue weighted by molar-refractivity contribution is 5.73. The molecule has 3 rings (SSSR count). The van der Waals surface area contributed by atoms with Gasteiger partial charge in [0.2, 0.25) is 0 Å². The maximum absolute atomic E-state index is 5.86. The minimum atomic E-state index is 0.812. The summed E-state index contributed by atoms with van der Waals surface area (Å²) in [6, 6.07) is 14.8. The van der Waals surface area contributed by atoms with Gasteiger partial charge < -0.3 is 9.73 Å². The van der Waals surface area contributed by atoms with E-state index in [0.29, 0.717) is 0 Å². The Bertz CT molecular complexity index is 729. The van der Waals surface area contributed by atoms with Gasteiger partial charge in [-0.15, -0.1) is 0 Å². The Balaban J connectivity index is 1.73. The molecule has 108 valence electrons. The van der Waals surface area contributed by atoms with Crippen LogP contribution in [0.1, 0.15) is 22.6 Å². The van der Waals surface area contributed by atoms with Crippen molar-refractivity contribution in [1.82, 2.24) is 10.3 Å². The van der Waals surface area contributed by atoms with Crippen molar-refractivity contribution in [2.24, 2.45) is 0 Å². The lowest BCUT2D eigenvalue weighted by Crippen LogP contribution is -2.04. The number of oxazole rings is 1. The van der Waals surface area contributed by atoms with E-state index in [0.717, 1.165) is 36.4 Å². The Morgan fingerprint density at radius 3 is 2.52 bits per heavy atom. The fourth-order valence-electron chi connectivity index (χ4n) is 2.44. The van der Waals surface area contributed by atoms with Gasteiger partial charge in [-0.05, 0) is 43.7 Å². The minimum absolute atomic E-state index is 0.812. The average molecular weight is 280 g/mol. The zero-order chi connectivity index (χ0) is 14.7. The van der Waals surface area contributed by atoms with Crippen molar-refractivity contribution in [2.75, 3.05) is 7.05 Å². The van der Waals surface area contributed by atoms with Gasteiger partial charge in [0.15, 0.2) is 11.5 Å². The van der Waals surface area contributed by atoms with Gasteiger partial charge in [-0.25, -0.2) is 4.98 Å². The molecular weight excluding hydrogens is 260 g/mol. The lowest BCUT2D eigenvalue weighted by Gasteiger charge is -1.99. The summed E-state index contributed by atoms with van der Waals surface area (Å²) in [5.41, 5.74) is 5.64. The molecular formula is C18H20N2O. The fourth-order valence-corrected chi connectivity index (χ4v) is 2.44. The molecule has 1 N–H and O–H groups in total. The molecule has 0 bridgehead atoms. The third-order valence-electron chi connectivity index (χ3n) is 3.63. The van der Waals surface area contributed by atoms with Crippen LogP contribution < -0.4 is 5.32 Å². The number of fused-ring (bicyclic) bond motifs is 1. The van der Waals surface area contributed by atoms with Crippen LogP contribution in [0.25, 0.3) is 11.1 Å². The Kier molecular flexibility index (Phi) is 4.02. The van der Waals surface area contributed by atoms with E-state index in [-0.39, 0.29) is 0 Å². The number of hydrogen-bond donors (Lipinski definition) is 1. The molecule has 3 heteroatoms. The Morgan fingerprint density at radius 1 is 1.00 bits per heavy atom. The molecule has 1 heterocycles. The number of benzene rings is 2. The maximum Gasteiger partial charge on any atom is 0.195 e. The summed E-state index contributed by atoms with van der Waals surface area (Å²) in [4.78, 5) is 4.56. The predicted molar refractivity (Wildman–Crippen MR) is 85.4 cm³/mol. The van der Waals surface area contributed by atoms with Crippen LogP contribution in [0.5, 0.6) is 0 Å². The van der Waals surface area contributed by atoms with E-state index in [1.54, 1.807) is 0 Å². The second-order valence-electron chi connectivity index (χ2n) is 5.43. The summed E-state index contributed by atoms with van der Waals surface area (Å²) in [5, 5.41) is 3.14. The van der Waals surface area contributed by atoms with Crippen molar-refractivity contribution >= 4 is 11.1 Å². The molecule has 0 fully saturated rings. The second kappa shape index (κ2) is 6.10. The zero-order valence-corrected chi connectivity index (χ0v) is 12.5. The lowest BCUT2D eigenvalue weighted by molar-refractivity contribution is 0.528. The van der Waals surface area contributed by atoms with Crippen molar-refractivity contribution < 1.29 is 4.42 Å². The largest absolute Gasteiger partial charge is 0.441 e. The third kappa shape index (κ3) is 3.31. The van der Waals surface area contributed by atoms with Gasteiger partial charge in [0, 0.05) is 13.0 Å². The highest BCUT2D eigenvalue weighted by Gasteiger charge is 2.07. The SMILES string of the molecule is CNCc1ccc2nc(CCc3ccc(C)cc3)oc2c1. The summed E-state index contributed by atoms with van der Waals surface area (Å²) in [5.74, 6) is 0.812. The number of aromatic nitrogens is 1. The summed E-state index contributed by atoms with van der Waals surface area (Å²) in [6.45, 7) is 2.95. The van der Waals surface area contributed by atoms with Crippen molar-refractivity contribution in [3.63, 3.8) is 0 Å². The molecule has 0 saturated carbocycles. The molecule has 0 radical (unpaired) electrons. The monoisotopic (exact) mass is 280 g/mol. The molecule has 0 aliphatic rings. The molecule has 1 aromatic heterocycles. The van der Waals surface area contributed by atoms with Gasteiger partial charge in [-0.2, -0.15) is 0 Å². The number of nitrogens with zero attached hydrogens (tertiary/aromatic N) is 1. The molecule has 0 aliphatic carbocycles. The van der Waals surface area contributed by atoms with Gasteiger partial charge in [-0.3, -0.25) is 0 Å². The normalized spacial score (nSPS) is 11.1. The van der Waals surface area contributed by atoms with Crippen LogP contribution in [0.15, 0.2) is 46.9 Å². The quantitative estimate of drug-likeness (QED) is 0.775. The third-order valence-corrected chi connectivity index (χ3v) is 3.63. The molecule has 0 saturated heterocycles. The standard InChI is InChI=1S/C18H20N2O/c1-13-3-5-14(6-4-13)8-10-18-20-16-9-7-15(12-19-2)11-17(16)21-18/h3-7,9,11,19H,8,10,12H2,1-2H3. The van der Waals surface area contributed by atoms with Crippen LogP contribution in [0, 0.1) is 6.92 Å². The van der Waals surface area contributed by atoms with E-state index < -0.39 is 0 Å². The molecule has 0 unspecified atom stereocenters. The molecule has 21 heavy (non-hydrogen) atoms. The Hall–Kier alpha value is -2.13. The topological polar surface area (TPSA) is 38.1 Å². The first-order valence-electron chi connectivity index (χ1n) is 7.33. The van der Waals surface area contributed by atoms with Gasteiger partial charge >= 0.3 is 0 Å². The van der Waals surface area contributed by atoms with Crippen LogP contribution in [-0.2, 0) is 19.4 Å². The van der Waals surface area contributed by atoms with E-state index in [4.69, 9.17) is 4.42 Å². The average Bonchev–Trinajstić information content (AvgIpc) is 2.89. The van der Waals surface area contributed by atoms with E-state index in [1.165, 1.54) is 16.7 Å². The van der Waals surface area contributed by atoms with Crippen molar-refractivity contribution in [2.45, 2.75) is 26.3 Å². The molecule has 2 aromatic carbocycles. The summed E-state index contributed by atoms with van der Waals surface area (Å²) in [7, 11) is 1.94. The molecule has 0 atom stereocenters. The summed E-state index contributed by atoms with van der Waals surface area (Å²) >= 11 is 0.